The van der Waals surface area contributed by atoms with Crippen LogP contribution in [0.25, 0.3) is 0 Å². The molecule has 1 fully saturated rings. The lowest BCUT2D eigenvalue weighted by atomic mass is 10.1. The van der Waals surface area contributed by atoms with E-state index in [9.17, 15) is 9.18 Å². The van der Waals surface area contributed by atoms with Crippen LogP contribution >= 0.6 is 0 Å². The van der Waals surface area contributed by atoms with Gasteiger partial charge in [0.15, 0.2) is 0 Å². The van der Waals surface area contributed by atoms with E-state index in [2.05, 4.69) is 0 Å². The summed E-state index contributed by atoms with van der Waals surface area (Å²) >= 11 is 0. The summed E-state index contributed by atoms with van der Waals surface area (Å²) in [5, 5.41) is 0. The van der Waals surface area contributed by atoms with Crippen molar-refractivity contribution < 1.29 is 18.7 Å². The Bertz CT molecular complexity index is 488. The summed E-state index contributed by atoms with van der Waals surface area (Å²) in [5.41, 5.74) is 5.45. The van der Waals surface area contributed by atoms with Gasteiger partial charge in [-0.2, -0.15) is 0 Å². The summed E-state index contributed by atoms with van der Waals surface area (Å²) in [7, 11) is 0. The molecule has 0 saturated carbocycles. The number of carbonyl (C=O) groups is 1. The van der Waals surface area contributed by atoms with Gasteiger partial charge >= 0.3 is 0 Å². The Labute approximate surface area is 142 Å². The first-order valence-corrected chi connectivity index (χ1v) is 8.67. The summed E-state index contributed by atoms with van der Waals surface area (Å²) in [6.45, 7) is 3.32. The van der Waals surface area contributed by atoms with E-state index in [0.29, 0.717) is 38.3 Å². The Morgan fingerprint density at radius 1 is 1.17 bits per heavy atom. The summed E-state index contributed by atoms with van der Waals surface area (Å²) in [4.78, 5) is 14.1. The maximum atomic E-state index is 12.8. The number of nitrogens with two attached hydrogens (primary N) is 1. The number of benzene rings is 1. The number of ether oxygens (including phenoxy) is 2. The van der Waals surface area contributed by atoms with Crippen molar-refractivity contribution in [2.24, 2.45) is 5.73 Å². The lowest BCUT2D eigenvalue weighted by Crippen LogP contribution is -2.41. The van der Waals surface area contributed by atoms with Gasteiger partial charge in [0.2, 0.25) is 5.91 Å². The zero-order valence-electron chi connectivity index (χ0n) is 14.1. The molecule has 1 heterocycles. The van der Waals surface area contributed by atoms with E-state index in [0.717, 1.165) is 32.4 Å². The van der Waals surface area contributed by atoms with Crippen molar-refractivity contribution in [1.82, 2.24) is 4.90 Å². The van der Waals surface area contributed by atoms with Crippen LogP contribution in [0.3, 0.4) is 0 Å². The molecule has 1 amide bonds. The highest BCUT2D eigenvalue weighted by atomic mass is 19.1. The lowest BCUT2D eigenvalue weighted by molar-refractivity contribution is -0.134. The van der Waals surface area contributed by atoms with Crippen LogP contribution in [0, 0.1) is 5.82 Å². The zero-order chi connectivity index (χ0) is 17.2. The molecule has 0 unspecified atom stereocenters. The fraction of sp³-hybridized carbons (Fsp3) is 0.611. The van der Waals surface area contributed by atoms with Crippen LogP contribution in [0.2, 0.25) is 0 Å². The highest BCUT2D eigenvalue weighted by Crippen LogP contribution is 2.16. The molecule has 1 aromatic carbocycles. The van der Waals surface area contributed by atoms with Gasteiger partial charge in [-0.05, 0) is 56.5 Å². The standard InChI is InChI=1S/C18H27FN2O3/c19-15-4-6-16(7-5-15)23-13-1-3-18(22)21-11-8-17(9-12-21)24-14-2-10-20/h4-7,17H,1-3,8-14,20H2. The van der Waals surface area contributed by atoms with Gasteiger partial charge in [0.05, 0.1) is 12.7 Å². The number of halogens is 1. The highest BCUT2D eigenvalue weighted by molar-refractivity contribution is 5.76. The minimum absolute atomic E-state index is 0.165. The SMILES string of the molecule is NCCCOC1CCN(C(=O)CCCOc2ccc(F)cc2)CC1. The monoisotopic (exact) mass is 338 g/mol. The number of likely N-dealkylation sites (tertiary alicyclic amines) is 1. The minimum atomic E-state index is -0.284. The van der Waals surface area contributed by atoms with Crippen molar-refractivity contribution in [2.45, 2.75) is 38.2 Å². The Hall–Kier alpha value is -1.66. The first-order valence-electron chi connectivity index (χ1n) is 8.67. The molecule has 1 aliphatic rings. The molecule has 0 spiro atoms. The van der Waals surface area contributed by atoms with Crippen molar-refractivity contribution in [2.75, 3.05) is 32.8 Å². The number of carbonyl (C=O) groups excluding carboxylic acids is 1. The van der Waals surface area contributed by atoms with Crippen LogP contribution in [0.1, 0.15) is 32.1 Å². The predicted octanol–water partition coefficient (Wildman–Crippen LogP) is 2.34. The van der Waals surface area contributed by atoms with Crippen molar-refractivity contribution in [3.63, 3.8) is 0 Å². The maximum Gasteiger partial charge on any atom is 0.222 e. The number of nitrogens with zero attached hydrogens (tertiary/aromatic N) is 1. The number of hydrogen-bond donors (Lipinski definition) is 1. The second-order valence-electron chi connectivity index (χ2n) is 6.00. The third kappa shape index (κ3) is 6.45. The molecule has 2 rings (SSSR count). The van der Waals surface area contributed by atoms with Crippen LogP contribution in [0.15, 0.2) is 24.3 Å². The van der Waals surface area contributed by atoms with Crippen LogP contribution < -0.4 is 10.5 Å². The topological polar surface area (TPSA) is 64.8 Å². The first kappa shape index (κ1) is 18.7. The third-order valence-corrected chi connectivity index (χ3v) is 4.11. The second kappa shape index (κ2) is 10.3. The maximum absolute atomic E-state index is 12.8. The van der Waals surface area contributed by atoms with Crippen LogP contribution in [-0.4, -0.2) is 49.8 Å². The van der Waals surface area contributed by atoms with E-state index >= 15 is 0 Å². The molecule has 134 valence electrons. The Kier molecular flexibility index (Phi) is 7.98. The molecule has 6 heteroatoms. The zero-order valence-corrected chi connectivity index (χ0v) is 14.1. The molecule has 5 nitrogen and oxygen atoms in total. The Morgan fingerprint density at radius 3 is 2.54 bits per heavy atom. The Balaban J connectivity index is 1.57. The van der Waals surface area contributed by atoms with Crippen LogP contribution in [0.4, 0.5) is 4.39 Å². The quantitative estimate of drug-likeness (QED) is 0.702. The van der Waals surface area contributed by atoms with E-state index in [4.69, 9.17) is 15.2 Å². The number of hydrogen-bond acceptors (Lipinski definition) is 4. The number of amides is 1. The number of piperidine rings is 1. The van der Waals surface area contributed by atoms with Gasteiger partial charge in [0.1, 0.15) is 11.6 Å². The highest BCUT2D eigenvalue weighted by Gasteiger charge is 2.22. The average Bonchev–Trinajstić information content (AvgIpc) is 2.61. The molecule has 0 atom stereocenters. The normalized spacial score (nSPS) is 15.5. The van der Waals surface area contributed by atoms with Gasteiger partial charge in [0.25, 0.3) is 0 Å². The van der Waals surface area contributed by atoms with Gasteiger partial charge in [-0.15, -0.1) is 0 Å². The average molecular weight is 338 g/mol. The summed E-state index contributed by atoms with van der Waals surface area (Å²) in [5.74, 6) is 0.505. The fourth-order valence-corrected chi connectivity index (χ4v) is 2.71. The molecule has 0 aromatic heterocycles. The fourth-order valence-electron chi connectivity index (χ4n) is 2.71. The van der Waals surface area contributed by atoms with Crippen molar-refractivity contribution in [3.05, 3.63) is 30.1 Å². The Morgan fingerprint density at radius 2 is 1.88 bits per heavy atom. The molecule has 2 N–H and O–H groups in total. The van der Waals surface area contributed by atoms with Gasteiger partial charge in [0, 0.05) is 26.1 Å². The smallest absolute Gasteiger partial charge is 0.222 e. The predicted molar refractivity (Wildman–Crippen MR) is 90.4 cm³/mol. The van der Waals surface area contributed by atoms with Gasteiger partial charge in [-0.1, -0.05) is 0 Å². The van der Waals surface area contributed by atoms with Crippen molar-refractivity contribution >= 4 is 5.91 Å². The third-order valence-electron chi connectivity index (χ3n) is 4.11. The van der Waals surface area contributed by atoms with Gasteiger partial charge in [-0.25, -0.2) is 4.39 Å². The molecular weight excluding hydrogens is 311 g/mol. The summed E-state index contributed by atoms with van der Waals surface area (Å²) in [6.07, 6.45) is 4.04. The summed E-state index contributed by atoms with van der Waals surface area (Å²) in [6, 6.07) is 5.90. The van der Waals surface area contributed by atoms with E-state index in [1.165, 1.54) is 12.1 Å². The number of rotatable bonds is 9. The van der Waals surface area contributed by atoms with Gasteiger partial charge in [-0.3, -0.25) is 4.79 Å². The first-order chi connectivity index (χ1) is 11.7. The largest absolute Gasteiger partial charge is 0.494 e. The molecule has 0 aliphatic carbocycles. The molecular formula is C18H27FN2O3. The van der Waals surface area contributed by atoms with Crippen molar-refractivity contribution in [1.29, 1.82) is 0 Å². The minimum Gasteiger partial charge on any atom is -0.494 e. The molecule has 1 saturated heterocycles. The summed E-state index contributed by atoms with van der Waals surface area (Å²) < 4.78 is 24.0. The van der Waals surface area contributed by atoms with Crippen LogP contribution in [-0.2, 0) is 9.53 Å². The van der Waals surface area contributed by atoms with E-state index in [-0.39, 0.29) is 17.8 Å². The molecule has 24 heavy (non-hydrogen) atoms. The molecule has 0 radical (unpaired) electrons. The van der Waals surface area contributed by atoms with E-state index < -0.39 is 0 Å². The molecule has 1 aliphatic heterocycles. The van der Waals surface area contributed by atoms with E-state index in [1.807, 2.05) is 4.90 Å². The van der Waals surface area contributed by atoms with Crippen molar-refractivity contribution in [3.8, 4) is 5.75 Å². The van der Waals surface area contributed by atoms with Crippen LogP contribution in [0.5, 0.6) is 5.75 Å². The second-order valence-corrected chi connectivity index (χ2v) is 6.00. The lowest BCUT2D eigenvalue weighted by Gasteiger charge is -2.32. The molecule has 0 bridgehead atoms. The van der Waals surface area contributed by atoms with E-state index in [1.54, 1.807) is 12.1 Å². The molecule has 1 aromatic rings. The van der Waals surface area contributed by atoms with Gasteiger partial charge < -0.3 is 20.1 Å².